The Hall–Kier alpha value is -1.35. The molecule has 1 atom stereocenters. The average Bonchev–Trinajstić information content (AvgIpc) is 2.50. The van der Waals surface area contributed by atoms with Crippen LogP contribution in [0.15, 0.2) is 42.5 Å². The zero-order valence-electron chi connectivity index (χ0n) is 11.4. The molecule has 1 aliphatic heterocycles. The van der Waals surface area contributed by atoms with Crippen LogP contribution in [0, 0.1) is 0 Å². The van der Waals surface area contributed by atoms with E-state index in [0.29, 0.717) is 16.5 Å². The molecule has 1 unspecified atom stereocenters. The molecule has 21 heavy (non-hydrogen) atoms. The molecule has 0 amide bonds. The Morgan fingerprint density at radius 1 is 1.14 bits per heavy atom. The van der Waals surface area contributed by atoms with Gasteiger partial charge in [-0.05, 0) is 35.2 Å². The Morgan fingerprint density at radius 3 is 2.76 bits per heavy atom. The molecule has 0 radical (unpaired) electrons. The monoisotopic (exact) mass is 319 g/mol. The van der Waals surface area contributed by atoms with Crippen molar-refractivity contribution in [2.24, 2.45) is 0 Å². The molecular formula is C17H15Cl2NO. The van der Waals surface area contributed by atoms with Crippen molar-refractivity contribution in [3.8, 4) is 0 Å². The Bertz CT molecular complexity index is 684. The van der Waals surface area contributed by atoms with E-state index in [-0.39, 0.29) is 11.8 Å². The topological polar surface area (TPSA) is 29.1 Å². The molecule has 0 spiro atoms. The summed E-state index contributed by atoms with van der Waals surface area (Å²) in [7, 11) is 0. The molecule has 4 heteroatoms. The van der Waals surface area contributed by atoms with Crippen LogP contribution in [0.2, 0.25) is 10.0 Å². The van der Waals surface area contributed by atoms with Crippen LogP contribution in [0.4, 0.5) is 0 Å². The Morgan fingerprint density at radius 2 is 1.95 bits per heavy atom. The predicted octanol–water partition coefficient (Wildman–Crippen LogP) is 3.99. The van der Waals surface area contributed by atoms with Gasteiger partial charge in [0.15, 0.2) is 5.78 Å². The van der Waals surface area contributed by atoms with Gasteiger partial charge in [-0.1, -0.05) is 53.5 Å². The van der Waals surface area contributed by atoms with Crippen molar-refractivity contribution >= 4 is 29.0 Å². The molecule has 2 nitrogen and oxygen atoms in total. The number of Topliss-reactive ketones (excluding diaryl/α,β-unsaturated/α-hetero) is 1. The molecule has 2 aromatic rings. The second kappa shape index (κ2) is 6.18. The van der Waals surface area contributed by atoms with Gasteiger partial charge in [0.25, 0.3) is 0 Å². The number of nitrogens with one attached hydrogen (secondary N) is 1. The standard InChI is InChI=1S/C17H15Cl2NO/c18-14-6-5-11(9-15(14)19)10-16(21)17-13-4-2-1-3-12(13)7-8-20-17/h1-6,9,17,20H,7-8,10H2. The largest absolute Gasteiger partial charge is 0.303 e. The summed E-state index contributed by atoms with van der Waals surface area (Å²) in [6.45, 7) is 0.828. The first-order valence-electron chi connectivity index (χ1n) is 6.93. The maximum atomic E-state index is 12.6. The fraction of sp³-hybridized carbons (Fsp3) is 0.235. The van der Waals surface area contributed by atoms with E-state index >= 15 is 0 Å². The van der Waals surface area contributed by atoms with Crippen LogP contribution >= 0.6 is 23.2 Å². The van der Waals surface area contributed by atoms with Gasteiger partial charge in [0.05, 0.1) is 16.1 Å². The quantitative estimate of drug-likeness (QED) is 0.926. The lowest BCUT2D eigenvalue weighted by molar-refractivity contribution is -0.120. The third kappa shape index (κ3) is 3.13. The lowest BCUT2D eigenvalue weighted by atomic mass is 9.90. The number of rotatable bonds is 3. The van der Waals surface area contributed by atoms with E-state index in [0.717, 1.165) is 24.1 Å². The number of carbonyl (C=O) groups excluding carboxylic acids is 1. The summed E-state index contributed by atoms with van der Waals surface area (Å²) < 4.78 is 0. The van der Waals surface area contributed by atoms with Gasteiger partial charge in [0.2, 0.25) is 0 Å². The van der Waals surface area contributed by atoms with E-state index in [1.54, 1.807) is 12.1 Å². The van der Waals surface area contributed by atoms with E-state index < -0.39 is 0 Å². The minimum atomic E-state index is -0.232. The molecule has 1 N–H and O–H groups in total. The predicted molar refractivity (Wildman–Crippen MR) is 86.1 cm³/mol. The second-order valence-corrected chi connectivity index (χ2v) is 6.04. The smallest absolute Gasteiger partial charge is 0.158 e. The van der Waals surface area contributed by atoms with Crippen molar-refractivity contribution in [3.05, 3.63) is 69.2 Å². The van der Waals surface area contributed by atoms with Gasteiger partial charge in [-0.25, -0.2) is 0 Å². The van der Waals surface area contributed by atoms with Crippen molar-refractivity contribution < 1.29 is 4.79 Å². The Balaban J connectivity index is 1.81. The second-order valence-electron chi connectivity index (χ2n) is 5.23. The highest BCUT2D eigenvalue weighted by Crippen LogP contribution is 2.26. The fourth-order valence-corrected chi connectivity index (χ4v) is 3.07. The molecule has 3 rings (SSSR count). The van der Waals surface area contributed by atoms with Crippen molar-refractivity contribution in [1.29, 1.82) is 0 Å². The van der Waals surface area contributed by atoms with Gasteiger partial charge in [-0.2, -0.15) is 0 Å². The minimum absolute atomic E-state index is 0.153. The molecular weight excluding hydrogens is 305 g/mol. The lowest BCUT2D eigenvalue weighted by Gasteiger charge is -2.26. The van der Waals surface area contributed by atoms with Crippen LogP contribution < -0.4 is 5.32 Å². The van der Waals surface area contributed by atoms with E-state index in [2.05, 4.69) is 11.4 Å². The maximum absolute atomic E-state index is 12.6. The molecule has 0 saturated heterocycles. The normalized spacial score (nSPS) is 17.3. The number of benzene rings is 2. The summed E-state index contributed by atoms with van der Waals surface area (Å²) in [6.07, 6.45) is 1.32. The number of halogens is 2. The van der Waals surface area contributed by atoms with E-state index in [1.807, 2.05) is 24.3 Å². The highest BCUT2D eigenvalue weighted by atomic mass is 35.5. The van der Waals surface area contributed by atoms with Crippen LogP contribution in [-0.2, 0) is 17.6 Å². The Labute approximate surface area is 134 Å². The van der Waals surface area contributed by atoms with E-state index in [9.17, 15) is 4.79 Å². The van der Waals surface area contributed by atoms with Crippen LogP contribution in [0.5, 0.6) is 0 Å². The molecule has 2 aromatic carbocycles. The highest BCUT2D eigenvalue weighted by molar-refractivity contribution is 6.42. The summed E-state index contributed by atoms with van der Waals surface area (Å²) in [5.74, 6) is 0.153. The molecule has 1 aliphatic rings. The molecule has 0 bridgehead atoms. The SMILES string of the molecule is O=C(Cc1ccc(Cl)c(Cl)c1)C1NCCc2ccccc21. The van der Waals surface area contributed by atoms with Crippen molar-refractivity contribution in [3.63, 3.8) is 0 Å². The third-order valence-corrected chi connectivity index (χ3v) is 4.53. The number of carbonyl (C=O) groups is 1. The molecule has 0 saturated carbocycles. The summed E-state index contributed by atoms with van der Waals surface area (Å²) in [5, 5.41) is 4.31. The number of hydrogen-bond acceptors (Lipinski definition) is 2. The van der Waals surface area contributed by atoms with Gasteiger partial charge < -0.3 is 5.32 Å². The number of hydrogen-bond donors (Lipinski definition) is 1. The summed E-state index contributed by atoms with van der Waals surface area (Å²) >= 11 is 11.9. The third-order valence-electron chi connectivity index (χ3n) is 3.79. The van der Waals surface area contributed by atoms with Gasteiger partial charge in [-0.15, -0.1) is 0 Å². The Kier molecular flexibility index (Phi) is 4.29. The summed E-state index contributed by atoms with van der Waals surface area (Å²) in [5.41, 5.74) is 3.23. The van der Waals surface area contributed by atoms with Crippen LogP contribution in [0.3, 0.4) is 0 Å². The van der Waals surface area contributed by atoms with Crippen molar-refractivity contribution in [2.75, 3.05) is 6.54 Å². The average molecular weight is 320 g/mol. The van der Waals surface area contributed by atoms with Crippen LogP contribution in [-0.4, -0.2) is 12.3 Å². The highest BCUT2D eigenvalue weighted by Gasteiger charge is 2.25. The van der Waals surface area contributed by atoms with Crippen molar-refractivity contribution in [1.82, 2.24) is 5.32 Å². The first-order chi connectivity index (χ1) is 10.1. The maximum Gasteiger partial charge on any atom is 0.158 e. The van der Waals surface area contributed by atoms with Crippen molar-refractivity contribution in [2.45, 2.75) is 18.9 Å². The first kappa shape index (κ1) is 14.6. The summed E-state index contributed by atoms with van der Waals surface area (Å²) in [4.78, 5) is 12.6. The van der Waals surface area contributed by atoms with Gasteiger partial charge in [-0.3, -0.25) is 4.79 Å². The fourth-order valence-electron chi connectivity index (χ4n) is 2.74. The minimum Gasteiger partial charge on any atom is -0.303 e. The van der Waals surface area contributed by atoms with Crippen LogP contribution in [0.1, 0.15) is 22.7 Å². The van der Waals surface area contributed by atoms with Gasteiger partial charge in [0.1, 0.15) is 0 Å². The van der Waals surface area contributed by atoms with Gasteiger partial charge in [0, 0.05) is 13.0 Å². The zero-order valence-corrected chi connectivity index (χ0v) is 12.9. The van der Waals surface area contributed by atoms with Crippen LogP contribution in [0.25, 0.3) is 0 Å². The molecule has 0 aliphatic carbocycles. The first-order valence-corrected chi connectivity index (χ1v) is 7.68. The summed E-state index contributed by atoms with van der Waals surface area (Å²) in [6, 6.07) is 13.2. The lowest BCUT2D eigenvalue weighted by Crippen LogP contribution is -2.35. The number of ketones is 1. The molecule has 0 fully saturated rings. The molecule has 0 aromatic heterocycles. The molecule has 108 valence electrons. The zero-order chi connectivity index (χ0) is 14.8. The van der Waals surface area contributed by atoms with Gasteiger partial charge >= 0.3 is 0 Å². The van der Waals surface area contributed by atoms with E-state index in [1.165, 1.54) is 5.56 Å². The number of fused-ring (bicyclic) bond motifs is 1. The molecule has 1 heterocycles. The van der Waals surface area contributed by atoms with E-state index in [4.69, 9.17) is 23.2 Å².